The number of piperidine rings is 1. The van der Waals surface area contributed by atoms with Crippen molar-refractivity contribution in [1.29, 1.82) is 0 Å². The van der Waals surface area contributed by atoms with Crippen LogP contribution in [0.3, 0.4) is 0 Å². The number of carbonyl (C=O) groups excluding carboxylic acids is 1. The van der Waals surface area contributed by atoms with Gasteiger partial charge in [-0.1, -0.05) is 0 Å². The molecule has 1 unspecified atom stereocenters. The van der Waals surface area contributed by atoms with Crippen LogP contribution in [0.4, 0.5) is 4.79 Å². The number of amides is 2. The standard InChI is InChI=1S/C15H26N2O4/c18-13-6-4-12(5-7-13)16-15(21)17-9-1-2-11(10-17)3-8-14(19)20/h11-13,18H,1-10H2,(H,16,21)(H,19,20). The summed E-state index contributed by atoms with van der Waals surface area (Å²) in [6.07, 6.45) is 5.75. The minimum absolute atomic E-state index is 0.0311. The fourth-order valence-corrected chi connectivity index (χ4v) is 3.30. The number of hydrogen-bond donors (Lipinski definition) is 3. The van der Waals surface area contributed by atoms with E-state index in [0.717, 1.165) is 45.1 Å². The average Bonchev–Trinajstić information content (AvgIpc) is 2.48. The van der Waals surface area contributed by atoms with Crippen LogP contribution in [-0.2, 0) is 4.79 Å². The molecule has 0 spiro atoms. The topological polar surface area (TPSA) is 89.9 Å². The van der Waals surface area contributed by atoms with Gasteiger partial charge in [0.2, 0.25) is 0 Å². The molecule has 6 nitrogen and oxygen atoms in total. The Hall–Kier alpha value is -1.30. The Morgan fingerprint density at radius 2 is 1.86 bits per heavy atom. The lowest BCUT2D eigenvalue weighted by atomic mass is 9.92. The summed E-state index contributed by atoms with van der Waals surface area (Å²) >= 11 is 0. The van der Waals surface area contributed by atoms with E-state index in [9.17, 15) is 14.7 Å². The van der Waals surface area contributed by atoms with E-state index < -0.39 is 5.97 Å². The van der Waals surface area contributed by atoms with E-state index in [1.165, 1.54) is 0 Å². The molecule has 1 saturated heterocycles. The zero-order chi connectivity index (χ0) is 15.2. The number of carboxylic acid groups (broad SMARTS) is 1. The van der Waals surface area contributed by atoms with E-state index >= 15 is 0 Å². The number of aliphatic hydroxyl groups excluding tert-OH is 1. The lowest BCUT2D eigenvalue weighted by Gasteiger charge is -2.35. The number of rotatable bonds is 4. The van der Waals surface area contributed by atoms with Gasteiger partial charge in [0.15, 0.2) is 0 Å². The smallest absolute Gasteiger partial charge is 0.317 e. The second kappa shape index (κ2) is 7.64. The van der Waals surface area contributed by atoms with Crippen molar-refractivity contribution >= 4 is 12.0 Å². The van der Waals surface area contributed by atoms with Crippen molar-refractivity contribution in [2.24, 2.45) is 5.92 Å². The van der Waals surface area contributed by atoms with Gasteiger partial charge in [-0.15, -0.1) is 0 Å². The molecule has 3 N–H and O–H groups in total. The van der Waals surface area contributed by atoms with Crippen LogP contribution in [-0.4, -0.2) is 52.3 Å². The first-order chi connectivity index (χ1) is 10.0. The third-order valence-electron chi connectivity index (χ3n) is 4.60. The van der Waals surface area contributed by atoms with Crippen molar-refractivity contribution in [3.05, 3.63) is 0 Å². The number of likely N-dealkylation sites (tertiary alicyclic amines) is 1. The molecule has 1 heterocycles. The van der Waals surface area contributed by atoms with E-state index in [0.29, 0.717) is 18.9 Å². The van der Waals surface area contributed by atoms with Crippen molar-refractivity contribution in [2.45, 2.75) is 63.5 Å². The summed E-state index contributed by atoms with van der Waals surface area (Å²) < 4.78 is 0. The van der Waals surface area contributed by atoms with Gasteiger partial charge in [-0.2, -0.15) is 0 Å². The molecule has 0 aromatic rings. The summed E-state index contributed by atoms with van der Waals surface area (Å²) in [7, 11) is 0. The zero-order valence-corrected chi connectivity index (χ0v) is 12.5. The summed E-state index contributed by atoms with van der Waals surface area (Å²) in [4.78, 5) is 24.7. The summed E-state index contributed by atoms with van der Waals surface area (Å²) in [5, 5.41) is 21.3. The minimum Gasteiger partial charge on any atom is -0.481 e. The minimum atomic E-state index is -0.766. The maximum Gasteiger partial charge on any atom is 0.317 e. The summed E-state index contributed by atoms with van der Waals surface area (Å²) in [6, 6.07) is 0.136. The molecular formula is C15H26N2O4. The van der Waals surface area contributed by atoms with Crippen LogP contribution >= 0.6 is 0 Å². The highest BCUT2D eigenvalue weighted by Gasteiger charge is 2.27. The molecule has 0 aromatic heterocycles. The Kier molecular flexibility index (Phi) is 5.85. The molecule has 0 bridgehead atoms. The Morgan fingerprint density at radius 1 is 1.14 bits per heavy atom. The van der Waals surface area contributed by atoms with Gasteiger partial charge in [-0.25, -0.2) is 4.79 Å². The number of urea groups is 1. The van der Waals surface area contributed by atoms with Gasteiger partial charge in [-0.05, 0) is 50.9 Å². The van der Waals surface area contributed by atoms with Gasteiger partial charge in [0.25, 0.3) is 0 Å². The highest BCUT2D eigenvalue weighted by Crippen LogP contribution is 2.22. The molecule has 1 saturated carbocycles. The van der Waals surface area contributed by atoms with E-state index in [-0.39, 0.29) is 24.6 Å². The van der Waals surface area contributed by atoms with E-state index in [2.05, 4.69) is 5.32 Å². The molecule has 1 aliphatic heterocycles. The van der Waals surface area contributed by atoms with Crippen LogP contribution in [0, 0.1) is 5.92 Å². The van der Waals surface area contributed by atoms with Gasteiger partial charge in [0.05, 0.1) is 6.10 Å². The number of aliphatic hydroxyl groups is 1. The van der Waals surface area contributed by atoms with E-state index in [4.69, 9.17) is 5.11 Å². The molecule has 2 rings (SSSR count). The number of carbonyl (C=O) groups is 2. The summed E-state index contributed by atoms with van der Waals surface area (Å²) in [5.41, 5.74) is 0. The molecule has 6 heteroatoms. The maximum absolute atomic E-state index is 12.3. The van der Waals surface area contributed by atoms with Gasteiger partial charge in [-0.3, -0.25) is 4.79 Å². The fraction of sp³-hybridized carbons (Fsp3) is 0.867. The first kappa shape index (κ1) is 16.1. The molecule has 1 atom stereocenters. The zero-order valence-electron chi connectivity index (χ0n) is 12.5. The van der Waals surface area contributed by atoms with Crippen molar-refractivity contribution in [1.82, 2.24) is 10.2 Å². The maximum atomic E-state index is 12.3. The second-order valence-corrected chi connectivity index (χ2v) is 6.34. The molecule has 2 aliphatic rings. The Balaban J connectivity index is 1.75. The molecule has 0 aromatic carbocycles. The average molecular weight is 298 g/mol. The fourth-order valence-electron chi connectivity index (χ4n) is 3.30. The number of hydrogen-bond acceptors (Lipinski definition) is 3. The molecule has 120 valence electrons. The molecule has 0 radical (unpaired) electrons. The van der Waals surface area contributed by atoms with Crippen molar-refractivity contribution in [3.8, 4) is 0 Å². The van der Waals surface area contributed by atoms with Crippen molar-refractivity contribution in [3.63, 3.8) is 0 Å². The molecule has 21 heavy (non-hydrogen) atoms. The monoisotopic (exact) mass is 298 g/mol. The molecule has 1 aliphatic carbocycles. The van der Waals surface area contributed by atoms with Gasteiger partial charge in [0, 0.05) is 25.6 Å². The SMILES string of the molecule is O=C(O)CCC1CCCN(C(=O)NC2CCC(O)CC2)C1. The largest absolute Gasteiger partial charge is 0.481 e. The third-order valence-corrected chi connectivity index (χ3v) is 4.60. The predicted octanol–water partition coefficient (Wildman–Crippen LogP) is 1.58. The number of nitrogens with zero attached hydrogens (tertiary/aromatic N) is 1. The molecule has 2 amide bonds. The lowest BCUT2D eigenvalue weighted by molar-refractivity contribution is -0.137. The molecule has 2 fully saturated rings. The van der Waals surface area contributed by atoms with Crippen molar-refractivity contribution in [2.75, 3.05) is 13.1 Å². The number of carboxylic acids is 1. The van der Waals surface area contributed by atoms with E-state index in [1.807, 2.05) is 4.90 Å². The van der Waals surface area contributed by atoms with Crippen LogP contribution in [0.15, 0.2) is 0 Å². The van der Waals surface area contributed by atoms with Gasteiger partial charge in [0.1, 0.15) is 0 Å². The quantitative estimate of drug-likeness (QED) is 0.735. The summed E-state index contributed by atoms with van der Waals surface area (Å²) in [5.74, 6) is -0.467. The normalized spacial score (nSPS) is 30.0. The van der Waals surface area contributed by atoms with Crippen LogP contribution in [0.5, 0.6) is 0 Å². The third kappa shape index (κ3) is 5.19. The Morgan fingerprint density at radius 3 is 2.52 bits per heavy atom. The highest BCUT2D eigenvalue weighted by atomic mass is 16.4. The number of aliphatic carboxylic acids is 1. The first-order valence-corrected chi connectivity index (χ1v) is 8.00. The van der Waals surface area contributed by atoms with Crippen molar-refractivity contribution < 1.29 is 19.8 Å². The predicted molar refractivity (Wildman–Crippen MR) is 78.0 cm³/mol. The highest BCUT2D eigenvalue weighted by molar-refractivity contribution is 5.74. The Bertz CT molecular complexity index is 367. The first-order valence-electron chi connectivity index (χ1n) is 8.00. The van der Waals surface area contributed by atoms with E-state index in [1.54, 1.807) is 0 Å². The molecular weight excluding hydrogens is 272 g/mol. The van der Waals surface area contributed by atoms with Crippen LogP contribution in [0.1, 0.15) is 51.4 Å². The van der Waals surface area contributed by atoms with Crippen LogP contribution in [0.25, 0.3) is 0 Å². The Labute approximate surface area is 125 Å². The lowest BCUT2D eigenvalue weighted by Crippen LogP contribution is -2.49. The van der Waals surface area contributed by atoms with Gasteiger partial charge >= 0.3 is 12.0 Å². The van der Waals surface area contributed by atoms with Crippen LogP contribution in [0.2, 0.25) is 0 Å². The summed E-state index contributed by atoms with van der Waals surface area (Å²) in [6.45, 7) is 1.42. The van der Waals surface area contributed by atoms with Crippen LogP contribution < -0.4 is 5.32 Å². The van der Waals surface area contributed by atoms with Gasteiger partial charge < -0.3 is 20.4 Å². The second-order valence-electron chi connectivity index (χ2n) is 6.34. The number of nitrogens with one attached hydrogen (secondary N) is 1.